The Kier molecular flexibility index (Phi) is 4.94. The highest BCUT2D eigenvalue weighted by atomic mass is 16.5. The number of nitrogens with one attached hydrogen (secondary N) is 2. The van der Waals surface area contributed by atoms with Crippen molar-refractivity contribution in [3.05, 3.63) is 24.3 Å². The number of aliphatic hydroxyl groups is 2. The minimum absolute atomic E-state index is 0.0424. The largest absolute Gasteiger partial charge is 0.497 e. The molecular weight excluding hydrogens is 236 g/mol. The van der Waals surface area contributed by atoms with Crippen LogP contribution in [0.1, 0.15) is 6.92 Å². The predicted molar refractivity (Wildman–Crippen MR) is 67.7 cm³/mol. The number of ether oxygens (including phenoxy) is 1. The number of urea groups is 1. The molecule has 1 atom stereocenters. The van der Waals surface area contributed by atoms with Crippen molar-refractivity contribution in [1.29, 1.82) is 0 Å². The maximum absolute atomic E-state index is 11.5. The second-order valence-corrected chi connectivity index (χ2v) is 4.19. The normalized spacial score (nSPS) is 13.6. The van der Waals surface area contributed by atoms with E-state index in [0.29, 0.717) is 11.4 Å². The maximum atomic E-state index is 11.5. The topological polar surface area (TPSA) is 90.8 Å². The van der Waals surface area contributed by atoms with Crippen molar-refractivity contribution >= 4 is 11.7 Å². The molecule has 2 amide bonds. The number of anilines is 1. The Morgan fingerprint density at radius 3 is 2.83 bits per heavy atom. The average Bonchev–Trinajstić information content (AvgIpc) is 2.37. The molecule has 0 heterocycles. The van der Waals surface area contributed by atoms with Crippen LogP contribution in [0.25, 0.3) is 0 Å². The molecule has 0 spiro atoms. The van der Waals surface area contributed by atoms with Crippen LogP contribution < -0.4 is 15.4 Å². The van der Waals surface area contributed by atoms with Gasteiger partial charge in [-0.05, 0) is 19.1 Å². The van der Waals surface area contributed by atoms with Gasteiger partial charge in [-0.1, -0.05) is 6.07 Å². The fraction of sp³-hybridized carbons (Fsp3) is 0.417. The number of carbonyl (C=O) groups is 1. The second-order valence-electron chi connectivity index (χ2n) is 4.19. The minimum Gasteiger partial charge on any atom is -0.497 e. The highest BCUT2D eigenvalue weighted by Crippen LogP contribution is 2.16. The molecule has 100 valence electrons. The van der Waals surface area contributed by atoms with E-state index in [2.05, 4.69) is 10.6 Å². The van der Waals surface area contributed by atoms with Crippen molar-refractivity contribution in [1.82, 2.24) is 5.32 Å². The maximum Gasteiger partial charge on any atom is 0.319 e. The molecule has 6 nitrogen and oxygen atoms in total. The predicted octanol–water partition coefficient (Wildman–Crippen LogP) is 0.560. The lowest BCUT2D eigenvalue weighted by atomic mass is 10.1. The van der Waals surface area contributed by atoms with Gasteiger partial charge in [0.1, 0.15) is 11.4 Å². The summed E-state index contributed by atoms with van der Waals surface area (Å²) in [6.07, 6.45) is 0. The Hall–Kier alpha value is -1.79. The van der Waals surface area contributed by atoms with E-state index in [1.165, 1.54) is 14.0 Å². The third kappa shape index (κ3) is 4.60. The van der Waals surface area contributed by atoms with Gasteiger partial charge in [-0.25, -0.2) is 4.79 Å². The fourth-order valence-corrected chi connectivity index (χ4v) is 1.20. The van der Waals surface area contributed by atoms with E-state index in [0.717, 1.165) is 0 Å². The average molecular weight is 254 g/mol. The van der Waals surface area contributed by atoms with Crippen LogP contribution in [-0.4, -0.2) is 42.1 Å². The molecule has 1 unspecified atom stereocenters. The summed E-state index contributed by atoms with van der Waals surface area (Å²) in [5, 5.41) is 23.4. The lowest BCUT2D eigenvalue weighted by Crippen LogP contribution is -2.44. The van der Waals surface area contributed by atoms with E-state index in [4.69, 9.17) is 9.84 Å². The fourth-order valence-electron chi connectivity index (χ4n) is 1.20. The van der Waals surface area contributed by atoms with Gasteiger partial charge in [0.15, 0.2) is 0 Å². The van der Waals surface area contributed by atoms with Crippen molar-refractivity contribution < 1.29 is 19.7 Å². The van der Waals surface area contributed by atoms with Gasteiger partial charge in [0.2, 0.25) is 0 Å². The number of hydrogen-bond acceptors (Lipinski definition) is 4. The highest BCUT2D eigenvalue weighted by molar-refractivity contribution is 5.89. The molecule has 18 heavy (non-hydrogen) atoms. The van der Waals surface area contributed by atoms with Crippen molar-refractivity contribution in [3.63, 3.8) is 0 Å². The molecule has 1 rings (SSSR count). The summed E-state index contributed by atoms with van der Waals surface area (Å²) in [7, 11) is 1.54. The lowest BCUT2D eigenvalue weighted by molar-refractivity contribution is 0.00514. The first-order valence-electron chi connectivity index (χ1n) is 5.49. The molecule has 4 N–H and O–H groups in total. The second kappa shape index (κ2) is 6.23. The Bertz CT molecular complexity index is 407. The van der Waals surface area contributed by atoms with E-state index in [1.807, 2.05) is 0 Å². The van der Waals surface area contributed by atoms with Crippen molar-refractivity contribution in [3.8, 4) is 5.75 Å². The Labute approximate surface area is 106 Å². The summed E-state index contributed by atoms with van der Waals surface area (Å²) < 4.78 is 5.02. The van der Waals surface area contributed by atoms with Gasteiger partial charge in [0.25, 0.3) is 0 Å². The number of aliphatic hydroxyl groups excluding tert-OH is 1. The highest BCUT2D eigenvalue weighted by Gasteiger charge is 2.19. The van der Waals surface area contributed by atoms with E-state index >= 15 is 0 Å². The lowest BCUT2D eigenvalue weighted by Gasteiger charge is -2.20. The molecule has 0 aromatic heterocycles. The van der Waals surface area contributed by atoms with E-state index in [-0.39, 0.29) is 6.54 Å². The molecule has 0 saturated carbocycles. The zero-order valence-electron chi connectivity index (χ0n) is 10.4. The zero-order valence-corrected chi connectivity index (χ0v) is 10.4. The van der Waals surface area contributed by atoms with Crippen molar-refractivity contribution in [2.75, 3.05) is 25.6 Å². The van der Waals surface area contributed by atoms with Gasteiger partial charge in [0.05, 0.1) is 20.3 Å². The van der Waals surface area contributed by atoms with Crippen molar-refractivity contribution in [2.24, 2.45) is 0 Å². The molecule has 0 bridgehead atoms. The molecule has 6 heteroatoms. The molecule has 0 aliphatic carbocycles. The zero-order chi connectivity index (χ0) is 13.6. The molecule has 0 saturated heterocycles. The number of benzene rings is 1. The van der Waals surface area contributed by atoms with Crippen LogP contribution in [0.3, 0.4) is 0 Å². The molecule has 1 aromatic carbocycles. The van der Waals surface area contributed by atoms with Gasteiger partial charge < -0.3 is 25.6 Å². The summed E-state index contributed by atoms with van der Waals surface area (Å²) in [5.74, 6) is 0.634. The van der Waals surface area contributed by atoms with Gasteiger partial charge in [0, 0.05) is 11.8 Å². The summed E-state index contributed by atoms with van der Waals surface area (Å²) in [6, 6.07) is 6.44. The first-order chi connectivity index (χ1) is 8.46. The SMILES string of the molecule is COc1cccc(NC(=O)NCC(C)(O)CO)c1. The van der Waals surface area contributed by atoms with Crippen molar-refractivity contribution in [2.45, 2.75) is 12.5 Å². The van der Waals surface area contributed by atoms with Crippen LogP contribution in [0.4, 0.5) is 10.5 Å². The number of hydrogen-bond donors (Lipinski definition) is 4. The standard InChI is InChI=1S/C12H18N2O4/c1-12(17,8-15)7-13-11(16)14-9-4-3-5-10(6-9)18-2/h3-6,15,17H,7-8H2,1-2H3,(H2,13,14,16). The van der Waals surface area contributed by atoms with Crippen LogP contribution >= 0.6 is 0 Å². The van der Waals surface area contributed by atoms with Crippen LogP contribution in [0.2, 0.25) is 0 Å². The number of rotatable bonds is 5. The number of methoxy groups -OCH3 is 1. The quantitative estimate of drug-likeness (QED) is 0.618. The van der Waals surface area contributed by atoms with E-state index in [1.54, 1.807) is 24.3 Å². The first-order valence-corrected chi connectivity index (χ1v) is 5.49. The molecular formula is C12H18N2O4. The van der Waals surface area contributed by atoms with Gasteiger partial charge >= 0.3 is 6.03 Å². The first kappa shape index (κ1) is 14.3. The van der Waals surface area contributed by atoms with E-state index in [9.17, 15) is 9.90 Å². The number of amides is 2. The summed E-state index contributed by atoms with van der Waals surface area (Å²) >= 11 is 0. The molecule has 0 aliphatic rings. The van der Waals surface area contributed by atoms with Crippen LogP contribution in [0.5, 0.6) is 5.75 Å². The minimum atomic E-state index is -1.33. The number of carbonyl (C=O) groups excluding carboxylic acids is 1. The van der Waals surface area contributed by atoms with Gasteiger partial charge in [-0.2, -0.15) is 0 Å². The molecule has 0 fully saturated rings. The molecule has 1 aromatic rings. The monoisotopic (exact) mass is 254 g/mol. The Morgan fingerprint density at radius 1 is 1.50 bits per heavy atom. The third-order valence-electron chi connectivity index (χ3n) is 2.30. The Morgan fingerprint density at radius 2 is 2.22 bits per heavy atom. The Balaban J connectivity index is 2.49. The summed E-state index contributed by atoms with van der Waals surface area (Å²) in [5.41, 5.74) is -0.749. The molecule has 0 aliphatic heterocycles. The summed E-state index contributed by atoms with van der Waals surface area (Å²) in [4.78, 5) is 11.5. The van der Waals surface area contributed by atoms with Crippen LogP contribution in [0.15, 0.2) is 24.3 Å². The third-order valence-corrected chi connectivity index (χ3v) is 2.30. The van der Waals surface area contributed by atoms with Crippen LogP contribution in [-0.2, 0) is 0 Å². The smallest absolute Gasteiger partial charge is 0.319 e. The summed E-state index contributed by atoms with van der Waals surface area (Å²) in [6.45, 7) is 0.963. The van der Waals surface area contributed by atoms with E-state index < -0.39 is 18.2 Å². The van der Waals surface area contributed by atoms with Crippen LogP contribution in [0, 0.1) is 0 Å². The molecule has 0 radical (unpaired) electrons. The van der Waals surface area contributed by atoms with Gasteiger partial charge in [-0.3, -0.25) is 0 Å². The van der Waals surface area contributed by atoms with Gasteiger partial charge in [-0.15, -0.1) is 0 Å².